The molecule has 0 bridgehead atoms. The molecule has 4 rings (SSSR count). The Hall–Kier alpha value is -1.45. The van der Waals surface area contributed by atoms with Gasteiger partial charge in [-0.2, -0.15) is 0 Å². The number of hydrogen-bond donors (Lipinski definition) is 0. The Morgan fingerprint density at radius 1 is 0.920 bits per heavy atom. The van der Waals surface area contributed by atoms with Crippen LogP contribution in [0.15, 0.2) is 24.4 Å². The molecule has 0 N–H and O–H groups in total. The van der Waals surface area contributed by atoms with Crippen LogP contribution in [0.1, 0.15) is 11.1 Å². The topological polar surface area (TPSA) is 56.0 Å². The summed E-state index contributed by atoms with van der Waals surface area (Å²) in [6.45, 7) is 1.85. The summed E-state index contributed by atoms with van der Waals surface area (Å²) in [5.74, 6) is 1.07. The molecule has 2 aliphatic carbocycles. The van der Waals surface area contributed by atoms with Crippen LogP contribution >= 0.6 is 0 Å². The minimum absolute atomic E-state index is 0. The number of aromatic nitrogens is 1. The van der Waals surface area contributed by atoms with E-state index in [0.717, 1.165) is 22.4 Å². The van der Waals surface area contributed by atoms with Gasteiger partial charge >= 0.3 is 17.1 Å². The van der Waals surface area contributed by atoms with Crippen LogP contribution in [0.4, 0.5) is 5.69 Å². The summed E-state index contributed by atoms with van der Waals surface area (Å²) in [5.41, 5.74) is 2.33. The number of non-ortho nitro benzene ring substituents is 1. The Morgan fingerprint density at radius 3 is 2.08 bits per heavy atom. The fourth-order valence-corrected chi connectivity index (χ4v) is 2.56. The number of nitro groups is 1. The van der Waals surface area contributed by atoms with Gasteiger partial charge in [0.2, 0.25) is 0 Å². The van der Waals surface area contributed by atoms with Gasteiger partial charge < -0.3 is 0 Å². The molecule has 1 heterocycles. The molecule has 2 aromatic rings. The molecule has 1 aromatic carbocycles. The van der Waals surface area contributed by atoms with Gasteiger partial charge in [-0.15, -0.1) is 0 Å². The van der Waals surface area contributed by atoms with E-state index in [9.17, 15) is 10.1 Å². The van der Waals surface area contributed by atoms with Crippen molar-refractivity contribution >= 4 is 16.6 Å². The first-order chi connectivity index (χ1) is 11.6. The first-order valence-corrected chi connectivity index (χ1v) is 7.59. The van der Waals surface area contributed by atoms with Gasteiger partial charge in [0.15, 0.2) is 0 Å². The van der Waals surface area contributed by atoms with E-state index in [0.29, 0.717) is 5.52 Å². The summed E-state index contributed by atoms with van der Waals surface area (Å²) in [6, 6.07) is 5.41. The molecule has 25 heavy (non-hydrogen) atoms. The number of pyridine rings is 1. The molecule has 0 aliphatic heterocycles. The van der Waals surface area contributed by atoms with Crippen LogP contribution in [0.3, 0.4) is 0 Å². The maximum absolute atomic E-state index is 11.0. The van der Waals surface area contributed by atoms with Crippen LogP contribution in [0.5, 0.6) is 0 Å². The normalized spacial score (nSPS) is 17.0. The number of hydrogen-bond acceptors (Lipinski definition) is 3. The molecule has 4 nitrogen and oxygen atoms in total. The van der Waals surface area contributed by atoms with Crippen molar-refractivity contribution in [1.29, 1.82) is 0 Å². The van der Waals surface area contributed by atoms with Gasteiger partial charge in [0, 0.05) is 23.6 Å². The van der Waals surface area contributed by atoms with Gasteiger partial charge in [0.1, 0.15) is 5.52 Å². The first kappa shape index (κ1) is 19.9. The van der Waals surface area contributed by atoms with Crippen molar-refractivity contribution in [1.82, 2.24) is 4.98 Å². The first-order valence-electron chi connectivity index (χ1n) is 7.59. The molecular formula is C20H16FeN2O2+2. The van der Waals surface area contributed by atoms with Gasteiger partial charge in [-0.05, 0) is 88.0 Å². The number of nitrogens with zero attached hydrogens (tertiary/aromatic N) is 2. The Kier molecular flexibility index (Phi) is 7.39. The van der Waals surface area contributed by atoms with Crippen molar-refractivity contribution in [3.8, 4) is 0 Å². The Bertz CT molecular complexity index is 715. The third-order valence-electron chi connectivity index (χ3n) is 3.66. The summed E-state index contributed by atoms with van der Waals surface area (Å²) < 4.78 is 0. The zero-order chi connectivity index (χ0) is 16.9. The monoisotopic (exact) mass is 372 g/mol. The van der Waals surface area contributed by atoms with Crippen molar-refractivity contribution in [2.45, 2.75) is 6.92 Å². The van der Waals surface area contributed by atoms with Crippen molar-refractivity contribution in [3.05, 3.63) is 109 Å². The average molecular weight is 372 g/mol. The van der Waals surface area contributed by atoms with Crippen LogP contribution in [0, 0.1) is 80.7 Å². The molecule has 0 spiro atoms. The molecule has 2 aliphatic rings. The van der Waals surface area contributed by atoms with Crippen LogP contribution in [-0.4, -0.2) is 9.91 Å². The van der Waals surface area contributed by atoms with Crippen LogP contribution < -0.4 is 0 Å². The molecule has 0 atom stereocenters. The molecule has 5 heteroatoms. The summed E-state index contributed by atoms with van der Waals surface area (Å²) in [5, 5.41) is 11.8. The second kappa shape index (κ2) is 9.30. The molecule has 0 unspecified atom stereocenters. The van der Waals surface area contributed by atoms with E-state index in [1.165, 1.54) is 0 Å². The van der Waals surface area contributed by atoms with Gasteiger partial charge in [-0.1, -0.05) is 0 Å². The average Bonchev–Trinajstić information content (AvgIpc) is 3.29. The summed E-state index contributed by atoms with van der Waals surface area (Å²) in [6.07, 6.45) is 19.6. The van der Waals surface area contributed by atoms with Crippen molar-refractivity contribution < 1.29 is 22.0 Å². The second-order valence-electron chi connectivity index (χ2n) is 5.47. The Morgan fingerprint density at radius 2 is 1.52 bits per heavy atom. The molecule has 124 valence electrons. The maximum atomic E-state index is 11.0. The summed E-state index contributed by atoms with van der Waals surface area (Å²) in [4.78, 5) is 14.9. The number of nitro benzene ring substituents is 1. The molecule has 0 saturated heterocycles. The fourth-order valence-electron chi connectivity index (χ4n) is 2.56. The zero-order valence-electron chi connectivity index (χ0n) is 13.6. The molecule has 10 radical (unpaired) electrons. The third kappa shape index (κ3) is 5.02. The Balaban J connectivity index is 0.000000325. The van der Waals surface area contributed by atoms with Crippen molar-refractivity contribution in [2.24, 2.45) is 0 Å². The number of fused-ring (bicyclic) bond motifs is 1. The predicted molar refractivity (Wildman–Crippen MR) is 94.2 cm³/mol. The summed E-state index contributed by atoms with van der Waals surface area (Å²) in [7, 11) is 0. The molecule has 1 aromatic heterocycles. The van der Waals surface area contributed by atoms with E-state index in [-0.39, 0.29) is 27.7 Å². The van der Waals surface area contributed by atoms with Crippen molar-refractivity contribution in [3.63, 3.8) is 0 Å². The SMILES string of the molecule is Cc1cc([N+](=O)[O-])c2ncc([C]3[CH][CH][CH][CH]3)cc2c1.[CH]1[CH][CH][CH][CH]1.[Fe+2]. The second-order valence-corrected chi connectivity index (χ2v) is 5.47. The molecular weight excluding hydrogens is 356 g/mol. The predicted octanol–water partition coefficient (Wildman–Crippen LogP) is 4.22. The molecule has 2 saturated carbocycles. The van der Waals surface area contributed by atoms with E-state index in [4.69, 9.17) is 0 Å². The van der Waals surface area contributed by atoms with Gasteiger partial charge in [-0.3, -0.25) is 10.1 Å². The number of aryl methyl sites for hydroxylation is 1. The fraction of sp³-hybridized carbons (Fsp3) is 0.0500. The smallest absolute Gasteiger partial charge is 0.258 e. The standard InChI is InChI=1S/C15H11N2O2.C5H5.Fe/c1-10-6-12-8-13(11-4-2-3-5-11)9-16-15(12)14(7-10)17(18)19;1-2-4-5-3-1;/h2-9H,1H3;1-5H;/q;;+2. The maximum Gasteiger partial charge on any atom is 2.00 e. The van der Waals surface area contributed by atoms with E-state index in [1.807, 2.05) is 76.8 Å². The largest absolute Gasteiger partial charge is 2.00 e. The third-order valence-corrected chi connectivity index (χ3v) is 3.66. The minimum atomic E-state index is -0.384. The van der Waals surface area contributed by atoms with Gasteiger partial charge in [0.25, 0.3) is 5.69 Å². The van der Waals surface area contributed by atoms with E-state index in [1.54, 1.807) is 12.3 Å². The van der Waals surface area contributed by atoms with Crippen LogP contribution in [-0.2, 0) is 17.1 Å². The van der Waals surface area contributed by atoms with E-state index >= 15 is 0 Å². The minimum Gasteiger partial charge on any atom is -0.258 e. The number of rotatable bonds is 2. The molecule has 0 amide bonds. The van der Waals surface area contributed by atoms with Crippen molar-refractivity contribution in [2.75, 3.05) is 0 Å². The van der Waals surface area contributed by atoms with E-state index < -0.39 is 0 Å². The molecule has 2 fully saturated rings. The van der Waals surface area contributed by atoms with Gasteiger partial charge in [-0.25, -0.2) is 4.98 Å². The Labute approximate surface area is 160 Å². The summed E-state index contributed by atoms with van der Waals surface area (Å²) >= 11 is 0. The zero-order valence-corrected chi connectivity index (χ0v) is 14.7. The van der Waals surface area contributed by atoms with Crippen LogP contribution in [0.2, 0.25) is 0 Å². The number of benzene rings is 1. The van der Waals surface area contributed by atoms with E-state index in [2.05, 4.69) is 4.98 Å². The van der Waals surface area contributed by atoms with Gasteiger partial charge in [0.05, 0.1) is 4.92 Å². The van der Waals surface area contributed by atoms with Crippen LogP contribution in [0.25, 0.3) is 10.9 Å². The quantitative estimate of drug-likeness (QED) is 0.451.